The second-order valence-corrected chi connectivity index (χ2v) is 10.6. The van der Waals surface area contributed by atoms with Gasteiger partial charge < -0.3 is 24.7 Å². The molecule has 1 aliphatic heterocycles. The predicted octanol–water partition coefficient (Wildman–Crippen LogP) is 4.30. The van der Waals surface area contributed by atoms with E-state index in [-0.39, 0.29) is 24.5 Å². The standard InChI is InChI=1S/C28H36N2O4/c1-29(26(32)34-19-22-6-3-2-4-7-22)24-12-13-28(33)20-30(18-21-10-11-21)15-14-27(28,17-24)23-8-5-9-25(31)16-23/h2-9,16,21,24,31,33H,10-15,17-20H2,1H3/t24-,27-,28-/m0/s1. The Morgan fingerprint density at radius 1 is 1.12 bits per heavy atom. The van der Waals surface area contributed by atoms with Crippen LogP contribution in [0.2, 0.25) is 0 Å². The van der Waals surface area contributed by atoms with E-state index in [2.05, 4.69) is 4.90 Å². The highest BCUT2D eigenvalue weighted by Gasteiger charge is 2.58. The number of hydrogen-bond donors (Lipinski definition) is 2. The molecule has 1 saturated heterocycles. The molecule has 2 saturated carbocycles. The third-order valence-electron chi connectivity index (χ3n) is 8.36. The van der Waals surface area contributed by atoms with Crippen LogP contribution in [0.15, 0.2) is 54.6 Å². The summed E-state index contributed by atoms with van der Waals surface area (Å²) in [4.78, 5) is 17.1. The summed E-state index contributed by atoms with van der Waals surface area (Å²) in [6.45, 7) is 2.87. The van der Waals surface area contributed by atoms with Gasteiger partial charge in [0, 0.05) is 31.6 Å². The van der Waals surface area contributed by atoms with Crippen molar-refractivity contribution in [2.24, 2.45) is 5.92 Å². The molecule has 3 fully saturated rings. The van der Waals surface area contributed by atoms with Crippen LogP contribution in [0.25, 0.3) is 0 Å². The van der Waals surface area contributed by atoms with Gasteiger partial charge in [-0.3, -0.25) is 0 Å². The highest BCUT2D eigenvalue weighted by atomic mass is 16.6. The fourth-order valence-corrected chi connectivity index (χ4v) is 6.16. The molecule has 6 nitrogen and oxygen atoms in total. The van der Waals surface area contributed by atoms with Crippen molar-refractivity contribution < 1.29 is 19.7 Å². The number of piperidine rings is 1. The van der Waals surface area contributed by atoms with Gasteiger partial charge in [-0.05, 0) is 74.2 Å². The molecule has 2 aromatic rings. The molecular formula is C28H36N2O4. The molecule has 3 aliphatic rings. The minimum atomic E-state index is -0.890. The highest BCUT2D eigenvalue weighted by molar-refractivity contribution is 5.67. The highest BCUT2D eigenvalue weighted by Crippen LogP contribution is 2.53. The monoisotopic (exact) mass is 464 g/mol. The fraction of sp³-hybridized carbons (Fsp3) is 0.536. The second kappa shape index (κ2) is 9.23. The van der Waals surface area contributed by atoms with Crippen molar-refractivity contribution in [1.29, 1.82) is 0 Å². The molecule has 3 atom stereocenters. The Morgan fingerprint density at radius 3 is 2.65 bits per heavy atom. The Bertz CT molecular complexity index is 1010. The second-order valence-electron chi connectivity index (χ2n) is 10.6. The summed E-state index contributed by atoms with van der Waals surface area (Å²) in [5.41, 5.74) is 0.528. The van der Waals surface area contributed by atoms with Crippen molar-refractivity contribution in [2.45, 2.75) is 62.2 Å². The number of hydrogen-bond acceptors (Lipinski definition) is 5. The van der Waals surface area contributed by atoms with E-state index in [0.29, 0.717) is 19.4 Å². The summed E-state index contributed by atoms with van der Waals surface area (Å²) in [7, 11) is 1.81. The Labute approximate surface area is 202 Å². The third kappa shape index (κ3) is 4.53. The van der Waals surface area contributed by atoms with Crippen molar-refractivity contribution in [3.63, 3.8) is 0 Å². The number of aromatic hydroxyl groups is 1. The Kier molecular flexibility index (Phi) is 6.30. The molecule has 1 amide bonds. The van der Waals surface area contributed by atoms with Gasteiger partial charge in [-0.15, -0.1) is 0 Å². The fourth-order valence-electron chi connectivity index (χ4n) is 6.16. The molecule has 0 aromatic heterocycles. The SMILES string of the molecule is CN(C(=O)OCc1ccccc1)[C@H]1CC[C@]2(O)CN(CC3CC3)CC[C@@]2(c2cccc(O)c2)C1. The van der Waals surface area contributed by atoms with Crippen molar-refractivity contribution >= 4 is 6.09 Å². The molecule has 0 radical (unpaired) electrons. The van der Waals surface area contributed by atoms with Crippen LogP contribution < -0.4 is 0 Å². The van der Waals surface area contributed by atoms with Gasteiger partial charge >= 0.3 is 6.09 Å². The third-order valence-corrected chi connectivity index (χ3v) is 8.36. The molecule has 0 spiro atoms. The minimum absolute atomic E-state index is 0.0409. The summed E-state index contributed by atoms with van der Waals surface area (Å²) >= 11 is 0. The normalized spacial score (nSPS) is 29.3. The molecule has 0 bridgehead atoms. The molecule has 1 heterocycles. The Balaban J connectivity index is 1.35. The van der Waals surface area contributed by atoms with Gasteiger partial charge in [0.1, 0.15) is 12.4 Å². The molecule has 2 N–H and O–H groups in total. The average Bonchev–Trinajstić information content (AvgIpc) is 3.66. The van der Waals surface area contributed by atoms with Gasteiger partial charge in [-0.2, -0.15) is 0 Å². The van der Waals surface area contributed by atoms with Gasteiger partial charge in [0.15, 0.2) is 0 Å². The lowest BCUT2D eigenvalue weighted by Crippen LogP contribution is -2.67. The average molecular weight is 465 g/mol. The first-order chi connectivity index (χ1) is 16.4. The molecule has 34 heavy (non-hydrogen) atoms. The summed E-state index contributed by atoms with van der Waals surface area (Å²) in [5, 5.41) is 22.4. The lowest BCUT2D eigenvalue weighted by Gasteiger charge is -2.59. The number of amides is 1. The van der Waals surface area contributed by atoms with Gasteiger partial charge in [0.25, 0.3) is 0 Å². The van der Waals surface area contributed by atoms with Crippen LogP contribution in [-0.4, -0.2) is 64.4 Å². The zero-order valence-electron chi connectivity index (χ0n) is 20.0. The van der Waals surface area contributed by atoms with E-state index in [1.165, 1.54) is 12.8 Å². The van der Waals surface area contributed by atoms with Crippen LogP contribution in [0.5, 0.6) is 5.75 Å². The van der Waals surface area contributed by atoms with E-state index in [0.717, 1.165) is 43.0 Å². The predicted molar refractivity (Wildman–Crippen MR) is 131 cm³/mol. The first-order valence-electron chi connectivity index (χ1n) is 12.6. The Hall–Kier alpha value is -2.57. The zero-order chi connectivity index (χ0) is 23.8. The van der Waals surface area contributed by atoms with E-state index >= 15 is 0 Å². The van der Waals surface area contributed by atoms with Crippen LogP contribution in [0.1, 0.15) is 49.7 Å². The number of phenols is 1. The maximum atomic E-state index is 12.9. The van der Waals surface area contributed by atoms with E-state index in [1.807, 2.05) is 42.5 Å². The number of rotatable bonds is 6. The topological polar surface area (TPSA) is 73.2 Å². The molecular weight excluding hydrogens is 428 g/mol. The summed E-state index contributed by atoms with van der Waals surface area (Å²) in [6, 6.07) is 17.0. The first kappa shape index (κ1) is 23.2. The van der Waals surface area contributed by atoms with E-state index in [4.69, 9.17) is 4.74 Å². The molecule has 2 aromatic carbocycles. The summed E-state index contributed by atoms with van der Waals surface area (Å²) in [5.74, 6) is 0.992. The smallest absolute Gasteiger partial charge is 0.410 e. The van der Waals surface area contributed by atoms with Crippen molar-refractivity contribution in [2.75, 3.05) is 26.7 Å². The van der Waals surface area contributed by atoms with Gasteiger partial charge in [0.05, 0.1) is 5.60 Å². The van der Waals surface area contributed by atoms with E-state index < -0.39 is 11.0 Å². The van der Waals surface area contributed by atoms with Crippen LogP contribution in [0.4, 0.5) is 4.79 Å². The lowest BCUT2D eigenvalue weighted by atomic mass is 9.55. The number of nitrogens with zero attached hydrogens (tertiary/aromatic N) is 2. The number of β-amino-alcohol motifs (C(OH)–C–C–N with tert-alkyl or cyclic N) is 1. The van der Waals surface area contributed by atoms with Crippen molar-refractivity contribution in [3.05, 3.63) is 65.7 Å². The van der Waals surface area contributed by atoms with E-state index in [9.17, 15) is 15.0 Å². The van der Waals surface area contributed by atoms with Crippen molar-refractivity contribution in [1.82, 2.24) is 9.80 Å². The number of likely N-dealkylation sites (tertiary alicyclic amines) is 1. The molecule has 2 aliphatic carbocycles. The largest absolute Gasteiger partial charge is 0.508 e. The number of carbonyl (C=O) groups is 1. The van der Waals surface area contributed by atoms with Crippen LogP contribution in [0.3, 0.4) is 0 Å². The van der Waals surface area contributed by atoms with E-state index in [1.54, 1.807) is 24.1 Å². The minimum Gasteiger partial charge on any atom is -0.508 e. The van der Waals surface area contributed by atoms with Crippen molar-refractivity contribution in [3.8, 4) is 5.75 Å². The summed E-state index contributed by atoms with van der Waals surface area (Å²) < 4.78 is 5.61. The van der Waals surface area contributed by atoms with Gasteiger partial charge in [-0.25, -0.2) is 4.79 Å². The van der Waals surface area contributed by atoms with Crippen LogP contribution >= 0.6 is 0 Å². The van der Waals surface area contributed by atoms with Crippen LogP contribution in [0, 0.1) is 5.92 Å². The number of phenolic OH excluding ortho intramolecular Hbond substituents is 1. The summed E-state index contributed by atoms with van der Waals surface area (Å²) in [6.07, 6.45) is 5.06. The maximum absolute atomic E-state index is 12.9. The number of carbonyl (C=O) groups excluding carboxylic acids is 1. The number of fused-ring (bicyclic) bond motifs is 1. The van der Waals surface area contributed by atoms with Crippen LogP contribution in [-0.2, 0) is 16.8 Å². The lowest BCUT2D eigenvalue weighted by molar-refractivity contribution is -0.133. The number of benzene rings is 2. The molecule has 182 valence electrons. The quantitative estimate of drug-likeness (QED) is 0.667. The Morgan fingerprint density at radius 2 is 1.91 bits per heavy atom. The number of aliphatic hydroxyl groups is 1. The first-order valence-corrected chi connectivity index (χ1v) is 12.6. The van der Waals surface area contributed by atoms with Gasteiger partial charge in [0.2, 0.25) is 0 Å². The maximum Gasteiger partial charge on any atom is 0.410 e. The van der Waals surface area contributed by atoms with Gasteiger partial charge in [-0.1, -0.05) is 42.5 Å². The zero-order valence-corrected chi connectivity index (χ0v) is 20.0. The molecule has 6 heteroatoms. The number of ether oxygens (including phenoxy) is 1. The molecule has 0 unspecified atom stereocenters. The molecule has 5 rings (SSSR count).